The van der Waals surface area contributed by atoms with E-state index in [0.717, 1.165) is 22.6 Å². The third kappa shape index (κ3) is 3.39. The molecule has 156 valence electrons. The van der Waals surface area contributed by atoms with E-state index in [2.05, 4.69) is 20.8 Å². The van der Waals surface area contributed by atoms with Crippen LogP contribution < -0.4 is 9.47 Å². The largest absolute Gasteiger partial charge is 0.493 e. The van der Waals surface area contributed by atoms with Gasteiger partial charge < -0.3 is 14.2 Å². The van der Waals surface area contributed by atoms with E-state index in [1.165, 1.54) is 7.11 Å². The van der Waals surface area contributed by atoms with Gasteiger partial charge in [-0.25, -0.2) is 4.99 Å². The van der Waals surface area contributed by atoms with Crippen LogP contribution in [0.15, 0.2) is 23.2 Å². The van der Waals surface area contributed by atoms with Crippen molar-refractivity contribution in [3.05, 3.63) is 35.0 Å². The van der Waals surface area contributed by atoms with E-state index in [1.807, 2.05) is 32.2 Å². The highest BCUT2D eigenvalue weighted by Crippen LogP contribution is 2.50. The number of fused-ring (bicyclic) bond motifs is 1. The molecule has 2 heterocycles. The molecule has 29 heavy (non-hydrogen) atoms. The zero-order valence-electron chi connectivity index (χ0n) is 18.4. The normalized spacial score (nSPS) is 18.7. The van der Waals surface area contributed by atoms with Crippen LogP contribution in [-0.4, -0.2) is 42.8 Å². The summed E-state index contributed by atoms with van der Waals surface area (Å²) in [7, 11) is 6.48. The monoisotopic (exact) mass is 399 g/mol. The molecule has 0 aliphatic carbocycles. The number of nitrogens with zero attached hydrogens (tertiary/aromatic N) is 3. The molecular weight excluding hydrogens is 370 g/mol. The molecule has 1 aromatic carbocycles. The standard InChI is InChI=1S/C22H29N3O4/c1-12-15(21(26)29-8)16(13-10-9-11-14(27-6)18(13)28-7)17-19(22(2,3)4)24-25(5)20(17)23-12/h9-11,15-16H,1-8H3. The zero-order valence-corrected chi connectivity index (χ0v) is 18.4. The van der Waals surface area contributed by atoms with Crippen molar-refractivity contribution in [1.82, 2.24) is 9.78 Å². The van der Waals surface area contributed by atoms with E-state index in [4.69, 9.17) is 24.3 Å². The molecule has 0 amide bonds. The number of esters is 1. The topological polar surface area (TPSA) is 74.9 Å². The summed E-state index contributed by atoms with van der Waals surface area (Å²) in [6.45, 7) is 8.17. The molecule has 2 atom stereocenters. The van der Waals surface area contributed by atoms with Crippen LogP contribution in [0.3, 0.4) is 0 Å². The zero-order chi connectivity index (χ0) is 21.5. The SMILES string of the molecule is COC(=O)C1C(C)=Nc2c(c(C(C)(C)C)nn2C)C1c1cccc(OC)c1OC. The van der Waals surface area contributed by atoms with E-state index in [-0.39, 0.29) is 17.3 Å². The van der Waals surface area contributed by atoms with Gasteiger partial charge >= 0.3 is 5.97 Å². The molecule has 2 unspecified atom stereocenters. The summed E-state index contributed by atoms with van der Waals surface area (Å²) in [6.07, 6.45) is 0. The summed E-state index contributed by atoms with van der Waals surface area (Å²) in [5.74, 6) is 0.675. The lowest BCUT2D eigenvalue weighted by Gasteiger charge is -2.32. The molecule has 0 bridgehead atoms. The molecule has 7 heteroatoms. The summed E-state index contributed by atoms with van der Waals surface area (Å²) < 4.78 is 18.2. The second-order valence-electron chi connectivity index (χ2n) is 8.27. The quantitative estimate of drug-likeness (QED) is 0.732. The molecule has 0 saturated carbocycles. The van der Waals surface area contributed by atoms with Crippen LogP contribution in [-0.2, 0) is 22.0 Å². The van der Waals surface area contributed by atoms with Crippen molar-refractivity contribution >= 4 is 17.5 Å². The maximum absolute atomic E-state index is 12.9. The Hall–Kier alpha value is -2.83. The highest BCUT2D eigenvalue weighted by Gasteiger charge is 2.44. The third-order valence-corrected chi connectivity index (χ3v) is 5.36. The predicted octanol–water partition coefficient (Wildman–Crippen LogP) is 3.76. The third-order valence-electron chi connectivity index (χ3n) is 5.36. The number of hydrogen-bond acceptors (Lipinski definition) is 6. The average Bonchev–Trinajstić information content (AvgIpc) is 3.02. The number of aliphatic imine (C=N–C) groups is 1. The van der Waals surface area contributed by atoms with Gasteiger partial charge in [0.05, 0.1) is 27.0 Å². The Bertz CT molecular complexity index is 969. The van der Waals surface area contributed by atoms with Crippen molar-refractivity contribution in [3.63, 3.8) is 0 Å². The fraction of sp³-hybridized carbons (Fsp3) is 0.500. The fourth-order valence-corrected chi connectivity index (χ4v) is 4.07. The van der Waals surface area contributed by atoms with Gasteiger partial charge in [-0.2, -0.15) is 5.10 Å². The van der Waals surface area contributed by atoms with Crippen molar-refractivity contribution in [3.8, 4) is 11.5 Å². The van der Waals surface area contributed by atoms with Crippen LogP contribution in [0.25, 0.3) is 0 Å². The number of aromatic nitrogens is 2. The second-order valence-corrected chi connectivity index (χ2v) is 8.27. The van der Waals surface area contributed by atoms with Crippen LogP contribution in [0.2, 0.25) is 0 Å². The Labute approximate surface area is 171 Å². The highest BCUT2D eigenvalue weighted by atomic mass is 16.5. The van der Waals surface area contributed by atoms with Crippen LogP contribution in [0.4, 0.5) is 5.82 Å². The van der Waals surface area contributed by atoms with Crippen LogP contribution >= 0.6 is 0 Å². The fourth-order valence-electron chi connectivity index (χ4n) is 4.07. The molecule has 2 aromatic rings. The predicted molar refractivity (Wildman–Crippen MR) is 112 cm³/mol. The number of para-hydroxylation sites is 1. The summed E-state index contributed by atoms with van der Waals surface area (Å²) in [5, 5.41) is 4.78. The van der Waals surface area contributed by atoms with Crippen molar-refractivity contribution in [2.24, 2.45) is 18.0 Å². The molecule has 7 nitrogen and oxygen atoms in total. The molecule has 0 radical (unpaired) electrons. The number of aryl methyl sites for hydroxylation is 1. The molecule has 0 fully saturated rings. The van der Waals surface area contributed by atoms with Gasteiger partial charge in [-0.3, -0.25) is 9.48 Å². The summed E-state index contributed by atoms with van der Waals surface area (Å²) in [5.41, 5.74) is 3.11. The van der Waals surface area contributed by atoms with Gasteiger partial charge in [0, 0.05) is 35.2 Å². The molecule has 1 aliphatic rings. The Balaban J connectivity index is 2.40. The van der Waals surface area contributed by atoms with Gasteiger partial charge in [-0.15, -0.1) is 0 Å². The minimum Gasteiger partial charge on any atom is -0.493 e. The smallest absolute Gasteiger partial charge is 0.315 e. The average molecular weight is 399 g/mol. The van der Waals surface area contributed by atoms with E-state index in [1.54, 1.807) is 18.9 Å². The van der Waals surface area contributed by atoms with Gasteiger partial charge in [0.2, 0.25) is 0 Å². The molecule has 1 aromatic heterocycles. The van der Waals surface area contributed by atoms with Crippen molar-refractivity contribution < 1.29 is 19.0 Å². The Morgan fingerprint density at radius 3 is 2.38 bits per heavy atom. The van der Waals surface area contributed by atoms with Crippen LogP contribution in [0.5, 0.6) is 11.5 Å². The lowest BCUT2D eigenvalue weighted by molar-refractivity contribution is -0.143. The second kappa shape index (κ2) is 7.54. The van der Waals surface area contributed by atoms with Gasteiger partial charge in [-0.1, -0.05) is 32.9 Å². The summed E-state index contributed by atoms with van der Waals surface area (Å²) in [4.78, 5) is 17.6. The Morgan fingerprint density at radius 2 is 1.83 bits per heavy atom. The number of carbonyl (C=O) groups excluding carboxylic acids is 1. The van der Waals surface area contributed by atoms with Crippen molar-refractivity contribution in [2.45, 2.75) is 39.0 Å². The van der Waals surface area contributed by atoms with E-state index < -0.39 is 5.92 Å². The van der Waals surface area contributed by atoms with Crippen LogP contribution in [0.1, 0.15) is 50.4 Å². The van der Waals surface area contributed by atoms with E-state index in [0.29, 0.717) is 17.2 Å². The number of benzene rings is 1. The lowest BCUT2D eigenvalue weighted by Crippen LogP contribution is -2.34. The molecule has 0 N–H and O–H groups in total. The molecule has 3 rings (SSSR count). The van der Waals surface area contributed by atoms with Crippen molar-refractivity contribution in [1.29, 1.82) is 0 Å². The number of rotatable bonds is 4. The first-order chi connectivity index (χ1) is 13.6. The van der Waals surface area contributed by atoms with Gasteiger partial charge in [0.25, 0.3) is 0 Å². The first-order valence-electron chi connectivity index (χ1n) is 9.56. The number of carbonyl (C=O) groups is 1. The maximum atomic E-state index is 12.9. The van der Waals surface area contributed by atoms with Gasteiger partial charge in [-0.05, 0) is 13.0 Å². The Morgan fingerprint density at radius 1 is 1.14 bits per heavy atom. The molecule has 1 aliphatic heterocycles. The van der Waals surface area contributed by atoms with Gasteiger partial charge in [0.1, 0.15) is 5.92 Å². The van der Waals surface area contributed by atoms with Crippen LogP contribution in [0, 0.1) is 5.92 Å². The minimum absolute atomic E-state index is 0.239. The number of methoxy groups -OCH3 is 3. The summed E-state index contributed by atoms with van der Waals surface area (Å²) >= 11 is 0. The molecule has 0 spiro atoms. The molecule has 0 saturated heterocycles. The first kappa shape index (κ1) is 20.9. The van der Waals surface area contributed by atoms with Gasteiger partial charge in [0.15, 0.2) is 17.3 Å². The summed E-state index contributed by atoms with van der Waals surface area (Å²) in [6, 6.07) is 5.71. The number of ether oxygens (including phenoxy) is 3. The van der Waals surface area contributed by atoms with E-state index >= 15 is 0 Å². The first-order valence-corrected chi connectivity index (χ1v) is 9.56. The van der Waals surface area contributed by atoms with E-state index in [9.17, 15) is 4.79 Å². The minimum atomic E-state index is -0.584. The maximum Gasteiger partial charge on any atom is 0.315 e. The lowest BCUT2D eigenvalue weighted by atomic mass is 9.73. The Kier molecular flexibility index (Phi) is 5.43. The van der Waals surface area contributed by atoms with Crippen molar-refractivity contribution in [2.75, 3.05) is 21.3 Å². The molecular formula is C22H29N3O4. The highest BCUT2D eigenvalue weighted by molar-refractivity contribution is 6.05. The number of hydrogen-bond donors (Lipinski definition) is 0.